The van der Waals surface area contributed by atoms with E-state index in [1.54, 1.807) is 0 Å². The van der Waals surface area contributed by atoms with Crippen LogP contribution < -0.4 is 11.1 Å². The molecule has 0 spiro atoms. The van der Waals surface area contributed by atoms with Crippen LogP contribution in [0.2, 0.25) is 0 Å². The van der Waals surface area contributed by atoms with Crippen molar-refractivity contribution in [1.29, 1.82) is 0 Å². The summed E-state index contributed by atoms with van der Waals surface area (Å²) in [6.45, 7) is 7.11. The molecular weight excluding hydrogens is 310 g/mol. The van der Waals surface area contributed by atoms with E-state index in [9.17, 15) is 0 Å². The van der Waals surface area contributed by atoms with Crippen molar-refractivity contribution in [3.63, 3.8) is 0 Å². The van der Waals surface area contributed by atoms with Gasteiger partial charge in [0, 0.05) is 30.8 Å². The highest BCUT2D eigenvalue weighted by Crippen LogP contribution is 2.17. The summed E-state index contributed by atoms with van der Waals surface area (Å²) in [7, 11) is 0. The normalized spacial score (nSPS) is 12.8. The van der Waals surface area contributed by atoms with Crippen molar-refractivity contribution in [3.8, 4) is 0 Å². The van der Waals surface area contributed by atoms with Gasteiger partial charge in [0.1, 0.15) is 5.82 Å². The van der Waals surface area contributed by atoms with Crippen LogP contribution in [0.15, 0.2) is 43.4 Å². The van der Waals surface area contributed by atoms with E-state index in [0.717, 1.165) is 44.8 Å². The standard InChI is InChI=1S/C11H20N4.C9H11N/c1-2-8-15-9-7-14-11(15)10-13-6-4-3-5-12;1-2-6-9-8(4-1)5-3-7-10-9/h2,7,9,13H,1,3-6,8,10,12H2;3,5,7H,1-2,4,6H2. The molecule has 0 amide bonds. The summed E-state index contributed by atoms with van der Waals surface area (Å²) in [5.41, 5.74) is 8.21. The molecule has 3 rings (SSSR count). The second-order valence-corrected chi connectivity index (χ2v) is 6.27. The van der Waals surface area contributed by atoms with E-state index in [1.807, 2.05) is 30.7 Å². The van der Waals surface area contributed by atoms with Crippen LogP contribution in [-0.2, 0) is 25.9 Å². The number of rotatable bonds is 8. The molecular formula is C20H31N5. The van der Waals surface area contributed by atoms with Gasteiger partial charge in [0.25, 0.3) is 0 Å². The number of aryl methyl sites for hydroxylation is 2. The van der Waals surface area contributed by atoms with E-state index in [0.29, 0.717) is 0 Å². The first-order chi connectivity index (χ1) is 12.3. The van der Waals surface area contributed by atoms with Crippen molar-refractivity contribution >= 4 is 0 Å². The molecule has 2 aromatic heterocycles. The number of allylic oxidation sites excluding steroid dienone is 1. The molecule has 0 saturated heterocycles. The molecule has 0 saturated carbocycles. The van der Waals surface area contributed by atoms with E-state index in [4.69, 9.17) is 5.73 Å². The monoisotopic (exact) mass is 341 g/mol. The first-order valence-electron chi connectivity index (χ1n) is 9.29. The zero-order chi connectivity index (χ0) is 17.7. The first kappa shape index (κ1) is 19.3. The molecule has 0 fully saturated rings. The molecule has 0 bridgehead atoms. The van der Waals surface area contributed by atoms with Gasteiger partial charge in [-0.15, -0.1) is 6.58 Å². The van der Waals surface area contributed by atoms with Crippen molar-refractivity contribution in [2.24, 2.45) is 5.73 Å². The number of nitrogens with two attached hydrogens (primary N) is 1. The maximum atomic E-state index is 5.41. The second-order valence-electron chi connectivity index (χ2n) is 6.27. The largest absolute Gasteiger partial charge is 0.330 e. The summed E-state index contributed by atoms with van der Waals surface area (Å²) in [5.74, 6) is 1.06. The van der Waals surface area contributed by atoms with Crippen molar-refractivity contribution < 1.29 is 0 Å². The van der Waals surface area contributed by atoms with E-state index < -0.39 is 0 Å². The molecule has 25 heavy (non-hydrogen) atoms. The molecule has 5 nitrogen and oxygen atoms in total. The highest BCUT2D eigenvalue weighted by molar-refractivity contribution is 5.21. The Morgan fingerprint density at radius 2 is 2.08 bits per heavy atom. The Kier molecular flexibility index (Phi) is 8.94. The van der Waals surface area contributed by atoms with Crippen LogP contribution in [0.25, 0.3) is 0 Å². The topological polar surface area (TPSA) is 68.8 Å². The number of nitrogens with one attached hydrogen (secondary N) is 1. The molecule has 0 aliphatic heterocycles. The smallest absolute Gasteiger partial charge is 0.122 e. The molecule has 0 atom stereocenters. The SMILES string of the molecule is C=CCn1ccnc1CNCCCCN.c1cnc2c(c1)CCCC2. The maximum absolute atomic E-state index is 5.41. The minimum atomic E-state index is 0.771. The Labute approximate surface area is 151 Å². The van der Waals surface area contributed by atoms with E-state index in [1.165, 1.54) is 36.9 Å². The maximum Gasteiger partial charge on any atom is 0.122 e. The third-order valence-corrected chi connectivity index (χ3v) is 4.31. The van der Waals surface area contributed by atoms with Gasteiger partial charge in [-0.2, -0.15) is 0 Å². The van der Waals surface area contributed by atoms with Crippen LogP contribution >= 0.6 is 0 Å². The number of nitrogens with zero attached hydrogens (tertiary/aromatic N) is 3. The predicted molar refractivity (Wildman–Crippen MR) is 103 cm³/mol. The summed E-state index contributed by atoms with van der Waals surface area (Å²) in [5, 5.41) is 3.35. The van der Waals surface area contributed by atoms with Gasteiger partial charge in [0.15, 0.2) is 0 Å². The third kappa shape index (κ3) is 6.80. The molecule has 0 radical (unpaired) electrons. The van der Waals surface area contributed by atoms with Crippen LogP contribution in [-0.4, -0.2) is 27.6 Å². The molecule has 5 heteroatoms. The highest BCUT2D eigenvalue weighted by atomic mass is 15.1. The molecule has 2 aromatic rings. The lowest BCUT2D eigenvalue weighted by Gasteiger charge is -2.12. The molecule has 2 heterocycles. The third-order valence-electron chi connectivity index (χ3n) is 4.31. The quantitative estimate of drug-likeness (QED) is 0.572. The van der Waals surface area contributed by atoms with E-state index >= 15 is 0 Å². The summed E-state index contributed by atoms with van der Waals surface area (Å²) < 4.78 is 2.09. The van der Waals surface area contributed by atoms with Gasteiger partial charge < -0.3 is 15.6 Å². The Hall–Kier alpha value is -1.98. The van der Waals surface area contributed by atoms with Crippen LogP contribution in [0, 0.1) is 0 Å². The Morgan fingerprint density at radius 1 is 1.20 bits per heavy atom. The van der Waals surface area contributed by atoms with Crippen molar-refractivity contribution in [2.75, 3.05) is 13.1 Å². The molecule has 3 N–H and O–H groups in total. The Bertz CT molecular complexity index is 595. The summed E-state index contributed by atoms with van der Waals surface area (Å²) >= 11 is 0. The lowest BCUT2D eigenvalue weighted by molar-refractivity contribution is 0.593. The fourth-order valence-electron chi connectivity index (χ4n) is 2.94. The fourth-order valence-corrected chi connectivity index (χ4v) is 2.94. The highest BCUT2D eigenvalue weighted by Gasteiger charge is 2.07. The van der Waals surface area contributed by atoms with Gasteiger partial charge in [0.05, 0.1) is 6.54 Å². The number of pyridine rings is 1. The number of fused-ring (bicyclic) bond motifs is 1. The average molecular weight is 342 g/mol. The van der Waals surface area contributed by atoms with Gasteiger partial charge in [-0.3, -0.25) is 4.98 Å². The Morgan fingerprint density at radius 3 is 2.88 bits per heavy atom. The molecule has 0 unspecified atom stereocenters. The van der Waals surface area contributed by atoms with Gasteiger partial charge in [0.2, 0.25) is 0 Å². The van der Waals surface area contributed by atoms with Crippen molar-refractivity contribution in [2.45, 2.75) is 51.6 Å². The zero-order valence-electron chi connectivity index (χ0n) is 15.2. The van der Waals surface area contributed by atoms with Gasteiger partial charge in [-0.25, -0.2) is 4.98 Å². The number of unbranched alkanes of at least 4 members (excludes halogenated alkanes) is 1. The summed E-state index contributed by atoms with van der Waals surface area (Å²) in [6, 6.07) is 4.23. The molecule has 0 aromatic carbocycles. The van der Waals surface area contributed by atoms with E-state index in [-0.39, 0.29) is 0 Å². The van der Waals surface area contributed by atoms with Gasteiger partial charge in [-0.1, -0.05) is 12.1 Å². The van der Waals surface area contributed by atoms with Crippen LogP contribution in [0.3, 0.4) is 0 Å². The predicted octanol–water partition coefficient (Wildman–Crippen LogP) is 2.86. The number of hydrogen-bond acceptors (Lipinski definition) is 4. The van der Waals surface area contributed by atoms with Crippen molar-refractivity contribution in [1.82, 2.24) is 19.9 Å². The summed E-state index contributed by atoms with van der Waals surface area (Å²) in [4.78, 5) is 8.60. The number of aromatic nitrogens is 3. The lowest BCUT2D eigenvalue weighted by atomic mass is 9.96. The fraction of sp³-hybridized carbons (Fsp3) is 0.500. The summed E-state index contributed by atoms with van der Waals surface area (Å²) in [6.07, 6.45) is 14.9. The van der Waals surface area contributed by atoms with E-state index in [2.05, 4.69) is 32.5 Å². The second kappa shape index (κ2) is 11.6. The Balaban J connectivity index is 0.000000194. The molecule has 1 aliphatic carbocycles. The minimum Gasteiger partial charge on any atom is -0.330 e. The number of hydrogen-bond donors (Lipinski definition) is 2. The van der Waals surface area contributed by atoms with Gasteiger partial charge >= 0.3 is 0 Å². The minimum absolute atomic E-state index is 0.771. The van der Waals surface area contributed by atoms with Gasteiger partial charge in [-0.05, 0) is 63.2 Å². The lowest BCUT2D eigenvalue weighted by Crippen LogP contribution is -2.18. The molecule has 1 aliphatic rings. The zero-order valence-corrected chi connectivity index (χ0v) is 15.2. The number of imidazole rings is 1. The van der Waals surface area contributed by atoms with Crippen molar-refractivity contribution in [3.05, 3.63) is 60.5 Å². The first-order valence-corrected chi connectivity index (χ1v) is 9.29. The van der Waals surface area contributed by atoms with Crippen LogP contribution in [0.5, 0.6) is 0 Å². The molecule has 136 valence electrons. The van der Waals surface area contributed by atoms with Crippen LogP contribution in [0.1, 0.15) is 42.8 Å². The average Bonchev–Trinajstić information content (AvgIpc) is 3.10. The van der Waals surface area contributed by atoms with Crippen LogP contribution in [0.4, 0.5) is 0 Å².